The maximum Gasteiger partial charge on any atom is 0.236 e. The van der Waals surface area contributed by atoms with Gasteiger partial charge in [-0.3, -0.25) is 4.79 Å². The van der Waals surface area contributed by atoms with Crippen LogP contribution in [-0.2, 0) is 4.79 Å². The second-order valence-electron chi connectivity index (χ2n) is 4.90. The lowest BCUT2D eigenvalue weighted by Gasteiger charge is -2.30. The fourth-order valence-electron chi connectivity index (χ4n) is 1.95. The van der Waals surface area contributed by atoms with Crippen molar-refractivity contribution in [1.82, 2.24) is 10.2 Å². The molecule has 17 heavy (non-hydrogen) atoms. The zero-order valence-corrected chi connectivity index (χ0v) is 11.3. The van der Waals surface area contributed by atoms with Gasteiger partial charge in [-0.1, -0.05) is 26.7 Å². The van der Waals surface area contributed by atoms with Gasteiger partial charge in [0.05, 0.1) is 6.54 Å². The van der Waals surface area contributed by atoms with Gasteiger partial charge in [0.15, 0.2) is 0 Å². The Morgan fingerprint density at radius 3 is 2.94 bits per heavy atom. The van der Waals surface area contributed by atoms with Crippen molar-refractivity contribution >= 4 is 5.91 Å². The van der Waals surface area contributed by atoms with Crippen molar-refractivity contribution in [3.8, 4) is 11.8 Å². The Labute approximate surface area is 105 Å². The first kappa shape index (κ1) is 14.1. The zero-order chi connectivity index (χ0) is 12.7. The maximum atomic E-state index is 11.9. The number of piperidine rings is 1. The van der Waals surface area contributed by atoms with E-state index in [9.17, 15) is 4.79 Å². The molecule has 0 saturated carbocycles. The quantitative estimate of drug-likeness (QED) is 0.753. The van der Waals surface area contributed by atoms with Crippen LogP contribution < -0.4 is 5.32 Å². The highest BCUT2D eigenvalue weighted by molar-refractivity contribution is 5.78. The highest BCUT2D eigenvalue weighted by Gasteiger charge is 2.21. The number of likely N-dealkylation sites (N-methyl/N-ethyl adjacent to an activating group) is 1. The molecule has 96 valence electrons. The number of amides is 1. The number of likely N-dealkylation sites (tertiary alicyclic amines) is 1. The summed E-state index contributed by atoms with van der Waals surface area (Å²) in [5.41, 5.74) is 0. The Kier molecular flexibility index (Phi) is 6.07. The molecule has 1 aliphatic heterocycles. The smallest absolute Gasteiger partial charge is 0.236 e. The van der Waals surface area contributed by atoms with Gasteiger partial charge < -0.3 is 10.2 Å². The third-order valence-electron chi connectivity index (χ3n) is 2.88. The number of nitrogens with zero attached hydrogens (tertiary/aromatic N) is 1. The summed E-state index contributed by atoms with van der Waals surface area (Å²) in [4.78, 5) is 13.8. The van der Waals surface area contributed by atoms with Crippen LogP contribution in [0.15, 0.2) is 0 Å². The van der Waals surface area contributed by atoms with Crippen molar-refractivity contribution in [2.24, 2.45) is 11.8 Å². The summed E-state index contributed by atoms with van der Waals surface area (Å²) in [5, 5.41) is 3.08. The van der Waals surface area contributed by atoms with Gasteiger partial charge in [-0.05, 0) is 19.4 Å². The summed E-state index contributed by atoms with van der Waals surface area (Å²) in [6, 6.07) is 0. The Hall–Kier alpha value is -1.01. The molecular formula is C14H24N2O. The second kappa shape index (κ2) is 7.34. The molecule has 1 amide bonds. The van der Waals surface area contributed by atoms with Crippen LogP contribution in [0.25, 0.3) is 0 Å². The minimum absolute atomic E-state index is 0.211. The van der Waals surface area contributed by atoms with Crippen LogP contribution in [0, 0.1) is 23.7 Å². The van der Waals surface area contributed by atoms with Crippen LogP contribution in [-0.4, -0.2) is 37.0 Å². The molecule has 3 nitrogen and oxygen atoms in total. The lowest BCUT2D eigenvalue weighted by molar-refractivity contribution is -0.131. The normalized spacial score (nSPS) is 20.0. The lowest BCUT2D eigenvalue weighted by atomic mass is 9.98. The molecule has 0 aromatic heterocycles. The minimum Gasteiger partial charge on any atom is -0.340 e. The van der Waals surface area contributed by atoms with Gasteiger partial charge >= 0.3 is 0 Å². The first-order chi connectivity index (χ1) is 8.13. The Bertz CT molecular complexity index is 301. The molecule has 1 unspecified atom stereocenters. The molecule has 1 atom stereocenters. The number of carbonyl (C=O) groups is 1. The molecule has 1 saturated heterocycles. The molecule has 1 aliphatic rings. The summed E-state index contributed by atoms with van der Waals surface area (Å²) in [7, 11) is 0. The number of hydrogen-bond donors (Lipinski definition) is 1. The Morgan fingerprint density at radius 1 is 1.53 bits per heavy atom. The van der Waals surface area contributed by atoms with Gasteiger partial charge in [-0.25, -0.2) is 0 Å². The van der Waals surface area contributed by atoms with Crippen LogP contribution in [0.5, 0.6) is 0 Å². The van der Waals surface area contributed by atoms with Gasteiger partial charge in [0.25, 0.3) is 0 Å². The molecule has 1 fully saturated rings. The van der Waals surface area contributed by atoms with Gasteiger partial charge in [0, 0.05) is 24.9 Å². The third kappa shape index (κ3) is 5.23. The van der Waals surface area contributed by atoms with E-state index in [1.807, 2.05) is 11.8 Å². The fraction of sp³-hybridized carbons (Fsp3) is 0.786. The van der Waals surface area contributed by atoms with Crippen LogP contribution in [0.1, 0.15) is 33.6 Å². The number of hydrogen-bond acceptors (Lipinski definition) is 2. The number of carbonyl (C=O) groups excluding carboxylic acids is 1. The second-order valence-corrected chi connectivity index (χ2v) is 4.90. The van der Waals surface area contributed by atoms with Crippen molar-refractivity contribution in [3.05, 3.63) is 0 Å². The molecule has 1 heterocycles. The summed E-state index contributed by atoms with van der Waals surface area (Å²) in [6.45, 7) is 9.22. The van der Waals surface area contributed by atoms with Crippen molar-refractivity contribution in [3.63, 3.8) is 0 Å². The van der Waals surface area contributed by atoms with Crippen molar-refractivity contribution in [2.45, 2.75) is 33.6 Å². The third-order valence-corrected chi connectivity index (χ3v) is 2.88. The van der Waals surface area contributed by atoms with E-state index in [2.05, 4.69) is 31.0 Å². The molecule has 0 spiro atoms. The summed E-state index contributed by atoms with van der Waals surface area (Å²) in [5.74, 6) is 7.51. The zero-order valence-electron chi connectivity index (χ0n) is 11.3. The SMILES string of the molecule is CCNCC(=O)N1CCCC(C#CC(C)C)C1. The average Bonchev–Trinajstić information content (AvgIpc) is 2.33. The topological polar surface area (TPSA) is 32.3 Å². The first-order valence-electron chi connectivity index (χ1n) is 6.63. The van der Waals surface area contributed by atoms with Crippen LogP contribution >= 0.6 is 0 Å². The van der Waals surface area contributed by atoms with E-state index in [-0.39, 0.29) is 5.91 Å². The predicted octanol–water partition coefficient (Wildman–Crippen LogP) is 1.49. The predicted molar refractivity (Wildman–Crippen MR) is 70.5 cm³/mol. The molecule has 1 rings (SSSR count). The van der Waals surface area contributed by atoms with Crippen LogP contribution in [0.3, 0.4) is 0 Å². The molecular weight excluding hydrogens is 212 g/mol. The van der Waals surface area contributed by atoms with Gasteiger partial charge in [0.1, 0.15) is 0 Å². The van der Waals surface area contributed by atoms with Gasteiger partial charge in [0.2, 0.25) is 5.91 Å². The average molecular weight is 236 g/mol. The molecule has 0 bridgehead atoms. The standard InChI is InChI=1S/C14H24N2O/c1-4-15-10-14(17)16-9-5-6-13(11-16)8-7-12(2)3/h12-13,15H,4-6,9-11H2,1-3H3. The largest absolute Gasteiger partial charge is 0.340 e. The maximum absolute atomic E-state index is 11.9. The Morgan fingerprint density at radius 2 is 2.29 bits per heavy atom. The van der Waals surface area contributed by atoms with E-state index in [4.69, 9.17) is 0 Å². The molecule has 0 aromatic carbocycles. The summed E-state index contributed by atoms with van der Waals surface area (Å²) >= 11 is 0. The number of rotatable bonds is 3. The van der Waals surface area contributed by atoms with E-state index < -0.39 is 0 Å². The van der Waals surface area contributed by atoms with E-state index in [0.717, 1.165) is 32.5 Å². The minimum atomic E-state index is 0.211. The van der Waals surface area contributed by atoms with Gasteiger partial charge in [-0.15, -0.1) is 5.92 Å². The summed E-state index contributed by atoms with van der Waals surface area (Å²) < 4.78 is 0. The monoisotopic (exact) mass is 236 g/mol. The highest BCUT2D eigenvalue weighted by atomic mass is 16.2. The summed E-state index contributed by atoms with van der Waals surface area (Å²) in [6.07, 6.45) is 2.21. The van der Waals surface area contributed by atoms with E-state index in [1.54, 1.807) is 0 Å². The van der Waals surface area contributed by atoms with Crippen molar-refractivity contribution in [1.29, 1.82) is 0 Å². The fourth-order valence-corrected chi connectivity index (χ4v) is 1.95. The highest BCUT2D eigenvalue weighted by Crippen LogP contribution is 2.15. The Balaban J connectivity index is 2.44. The van der Waals surface area contributed by atoms with E-state index in [1.165, 1.54) is 0 Å². The number of nitrogens with one attached hydrogen (secondary N) is 1. The van der Waals surface area contributed by atoms with Crippen LogP contribution in [0.2, 0.25) is 0 Å². The van der Waals surface area contributed by atoms with E-state index in [0.29, 0.717) is 18.4 Å². The first-order valence-corrected chi connectivity index (χ1v) is 6.63. The molecule has 3 heteroatoms. The molecule has 0 radical (unpaired) electrons. The van der Waals surface area contributed by atoms with E-state index >= 15 is 0 Å². The van der Waals surface area contributed by atoms with Gasteiger partial charge in [-0.2, -0.15) is 0 Å². The molecule has 0 aromatic rings. The van der Waals surface area contributed by atoms with Crippen molar-refractivity contribution in [2.75, 3.05) is 26.2 Å². The molecule has 1 N–H and O–H groups in total. The molecule has 0 aliphatic carbocycles. The van der Waals surface area contributed by atoms with Crippen LogP contribution in [0.4, 0.5) is 0 Å². The lowest BCUT2D eigenvalue weighted by Crippen LogP contribution is -2.43. The van der Waals surface area contributed by atoms with Crippen molar-refractivity contribution < 1.29 is 4.79 Å².